The number of anilines is 1. The van der Waals surface area contributed by atoms with Gasteiger partial charge in [-0.15, -0.1) is 0 Å². The number of benzene rings is 1. The molecule has 2 rings (SSSR count). The van der Waals surface area contributed by atoms with Crippen molar-refractivity contribution in [3.63, 3.8) is 0 Å². The molecule has 0 saturated carbocycles. The van der Waals surface area contributed by atoms with Crippen LogP contribution >= 0.6 is 0 Å². The fourth-order valence-corrected chi connectivity index (χ4v) is 2.76. The second-order valence-corrected chi connectivity index (χ2v) is 6.43. The molecule has 1 atom stereocenters. The minimum atomic E-state index is -1.00. The SMILES string of the molecule is C=C/C(C)=C\c1c(C)nc(NC(N)=NC(C)c2ccccc2C(=O)O)nc1C. The van der Waals surface area contributed by atoms with E-state index < -0.39 is 12.0 Å². The van der Waals surface area contributed by atoms with Gasteiger partial charge in [0.15, 0.2) is 5.96 Å². The van der Waals surface area contributed by atoms with Gasteiger partial charge in [-0.3, -0.25) is 5.32 Å². The van der Waals surface area contributed by atoms with Crippen molar-refractivity contribution >= 4 is 24.0 Å². The summed E-state index contributed by atoms with van der Waals surface area (Å²) >= 11 is 0. The standard InChI is InChI=1S/C21H25N5O2/c1-6-12(2)11-18-14(4)24-21(25-15(18)5)26-20(22)23-13(3)16-9-7-8-10-17(16)19(27)28/h6-11,13H,1H2,2-5H3,(H,27,28)(H3,22,23,24,25,26)/b12-11-. The van der Waals surface area contributed by atoms with E-state index in [0.29, 0.717) is 11.5 Å². The predicted molar refractivity (Wildman–Crippen MR) is 112 cm³/mol. The third-order valence-corrected chi connectivity index (χ3v) is 4.23. The Bertz CT molecular complexity index is 940. The molecular weight excluding hydrogens is 354 g/mol. The van der Waals surface area contributed by atoms with Gasteiger partial charge in [0.2, 0.25) is 5.95 Å². The lowest BCUT2D eigenvalue weighted by molar-refractivity contribution is 0.0695. The van der Waals surface area contributed by atoms with E-state index in [1.54, 1.807) is 37.3 Å². The highest BCUT2D eigenvalue weighted by molar-refractivity contribution is 5.92. The Balaban J connectivity index is 2.26. The molecule has 28 heavy (non-hydrogen) atoms. The fourth-order valence-electron chi connectivity index (χ4n) is 2.76. The average Bonchev–Trinajstić information content (AvgIpc) is 2.64. The highest BCUT2D eigenvalue weighted by atomic mass is 16.4. The number of nitrogens with zero attached hydrogens (tertiary/aromatic N) is 3. The Morgan fingerprint density at radius 2 is 1.89 bits per heavy atom. The molecule has 2 aromatic rings. The third-order valence-electron chi connectivity index (χ3n) is 4.23. The maximum Gasteiger partial charge on any atom is 0.336 e. The second kappa shape index (κ2) is 8.94. The van der Waals surface area contributed by atoms with Gasteiger partial charge < -0.3 is 10.8 Å². The largest absolute Gasteiger partial charge is 0.478 e. The van der Waals surface area contributed by atoms with Crippen molar-refractivity contribution in [3.05, 3.63) is 70.6 Å². The van der Waals surface area contributed by atoms with Gasteiger partial charge in [-0.2, -0.15) is 0 Å². The number of carboxylic acid groups (broad SMARTS) is 1. The molecule has 1 heterocycles. The van der Waals surface area contributed by atoms with Crippen LogP contribution in [0.15, 0.2) is 47.5 Å². The zero-order valence-electron chi connectivity index (χ0n) is 16.5. The first kappa shape index (κ1) is 20.8. The number of guanidine groups is 1. The summed E-state index contributed by atoms with van der Waals surface area (Å²) in [7, 11) is 0. The van der Waals surface area contributed by atoms with E-state index in [2.05, 4.69) is 26.9 Å². The van der Waals surface area contributed by atoms with Crippen LogP contribution in [-0.4, -0.2) is 27.0 Å². The fraction of sp³-hybridized carbons (Fsp3) is 0.238. The Morgan fingerprint density at radius 1 is 1.29 bits per heavy atom. The van der Waals surface area contributed by atoms with Gasteiger partial charge in [0.25, 0.3) is 0 Å². The number of nitrogens with two attached hydrogens (primary N) is 1. The first-order chi connectivity index (χ1) is 13.2. The molecule has 7 nitrogen and oxygen atoms in total. The number of aromatic carboxylic acids is 1. The normalized spacial score (nSPS) is 13.1. The summed E-state index contributed by atoms with van der Waals surface area (Å²) in [5, 5.41) is 12.2. The van der Waals surface area contributed by atoms with Gasteiger partial charge in [0, 0.05) is 5.56 Å². The molecule has 1 aromatic heterocycles. The number of carbonyl (C=O) groups is 1. The highest BCUT2D eigenvalue weighted by Crippen LogP contribution is 2.21. The van der Waals surface area contributed by atoms with Gasteiger partial charge >= 0.3 is 5.97 Å². The molecule has 0 fully saturated rings. The summed E-state index contributed by atoms with van der Waals surface area (Å²) in [6.45, 7) is 11.3. The van der Waals surface area contributed by atoms with E-state index >= 15 is 0 Å². The van der Waals surface area contributed by atoms with E-state index in [9.17, 15) is 9.90 Å². The number of allylic oxidation sites excluding steroid dienone is 2. The molecular formula is C21H25N5O2. The Morgan fingerprint density at radius 3 is 2.46 bits per heavy atom. The summed E-state index contributed by atoms with van der Waals surface area (Å²) in [6, 6.07) is 6.26. The van der Waals surface area contributed by atoms with Crippen molar-refractivity contribution in [2.75, 3.05) is 5.32 Å². The van der Waals surface area contributed by atoms with E-state index in [4.69, 9.17) is 5.73 Å². The molecule has 0 radical (unpaired) electrons. The van der Waals surface area contributed by atoms with Crippen LogP contribution in [0.5, 0.6) is 0 Å². The molecule has 146 valence electrons. The second-order valence-electron chi connectivity index (χ2n) is 6.43. The minimum absolute atomic E-state index is 0.108. The molecule has 0 amide bonds. The first-order valence-corrected chi connectivity index (χ1v) is 8.81. The summed E-state index contributed by atoms with van der Waals surface area (Å²) < 4.78 is 0. The van der Waals surface area contributed by atoms with Crippen LogP contribution in [0.1, 0.15) is 52.8 Å². The van der Waals surface area contributed by atoms with E-state index in [0.717, 1.165) is 22.5 Å². The van der Waals surface area contributed by atoms with Crippen LogP contribution in [0.2, 0.25) is 0 Å². The molecule has 0 aliphatic heterocycles. The Labute approximate surface area is 164 Å². The Kier molecular flexibility index (Phi) is 6.65. The quantitative estimate of drug-likeness (QED) is 0.399. The summed E-state index contributed by atoms with van der Waals surface area (Å²) in [6.07, 6.45) is 3.75. The van der Waals surface area contributed by atoms with Crippen LogP contribution in [0.3, 0.4) is 0 Å². The van der Waals surface area contributed by atoms with Crippen molar-refractivity contribution < 1.29 is 9.90 Å². The van der Waals surface area contributed by atoms with Crippen LogP contribution in [0.25, 0.3) is 6.08 Å². The van der Waals surface area contributed by atoms with Crippen LogP contribution in [0, 0.1) is 13.8 Å². The maximum atomic E-state index is 11.4. The molecule has 1 aromatic carbocycles. The van der Waals surface area contributed by atoms with Crippen molar-refractivity contribution in [2.45, 2.75) is 33.7 Å². The van der Waals surface area contributed by atoms with E-state index in [-0.39, 0.29) is 11.5 Å². The molecule has 4 N–H and O–H groups in total. The molecule has 0 aliphatic carbocycles. The molecule has 0 saturated heterocycles. The molecule has 0 aliphatic rings. The molecule has 0 spiro atoms. The van der Waals surface area contributed by atoms with Crippen molar-refractivity contribution in [3.8, 4) is 0 Å². The zero-order valence-corrected chi connectivity index (χ0v) is 16.5. The molecule has 1 unspecified atom stereocenters. The Hall–Kier alpha value is -3.48. The zero-order chi connectivity index (χ0) is 20.8. The van der Waals surface area contributed by atoms with Gasteiger partial charge in [0.1, 0.15) is 0 Å². The van der Waals surface area contributed by atoms with Gasteiger partial charge in [0.05, 0.1) is 23.0 Å². The van der Waals surface area contributed by atoms with Crippen LogP contribution in [-0.2, 0) is 0 Å². The molecule has 7 heteroatoms. The number of aromatic nitrogens is 2. The van der Waals surface area contributed by atoms with Gasteiger partial charge in [-0.05, 0) is 45.4 Å². The van der Waals surface area contributed by atoms with E-state index in [1.807, 2.05) is 26.8 Å². The van der Waals surface area contributed by atoms with Crippen molar-refractivity contribution in [1.82, 2.24) is 9.97 Å². The van der Waals surface area contributed by atoms with Gasteiger partial charge in [-0.1, -0.05) is 36.4 Å². The monoisotopic (exact) mass is 379 g/mol. The third kappa shape index (κ3) is 5.03. The van der Waals surface area contributed by atoms with Crippen molar-refractivity contribution in [1.29, 1.82) is 0 Å². The lowest BCUT2D eigenvalue weighted by atomic mass is 10.0. The lowest BCUT2D eigenvalue weighted by Crippen LogP contribution is -2.25. The lowest BCUT2D eigenvalue weighted by Gasteiger charge is -2.13. The minimum Gasteiger partial charge on any atom is -0.478 e. The first-order valence-electron chi connectivity index (χ1n) is 8.81. The number of hydrogen-bond acceptors (Lipinski definition) is 4. The summed E-state index contributed by atoms with van der Waals surface area (Å²) in [5.74, 6) is -0.558. The summed E-state index contributed by atoms with van der Waals surface area (Å²) in [5.41, 5.74) is 10.3. The number of carboxylic acids is 1. The molecule has 0 bridgehead atoms. The van der Waals surface area contributed by atoms with Crippen LogP contribution in [0.4, 0.5) is 5.95 Å². The van der Waals surface area contributed by atoms with Crippen LogP contribution < -0.4 is 11.1 Å². The smallest absolute Gasteiger partial charge is 0.336 e. The number of hydrogen-bond donors (Lipinski definition) is 3. The number of nitrogens with one attached hydrogen (secondary N) is 1. The number of aryl methyl sites for hydroxylation is 2. The van der Waals surface area contributed by atoms with Crippen molar-refractivity contribution in [2.24, 2.45) is 10.7 Å². The maximum absolute atomic E-state index is 11.4. The topological polar surface area (TPSA) is 113 Å². The van der Waals surface area contributed by atoms with Gasteiger partial charge in [-0.25, -0.2) is 19.8 Å². The average molecular weight is 379 g/mol. The number of aliphatic imine (C=N–C) groups is 1. The highest BCUT2D eigenvalue weighted by Gasteiger charge is 2.15. The predicted octanol–water partition coefficient (Wildman–Crippen LogP) is 3.87. The number of rotatable bonds is 6. The van der Waals surface area contributed by atoms with E-state index in [1.165, 1.54) is 0 Å². The summed E-state index contributed by atoms with van der Waals surface area (Å²) in [4.78, 5) is 24.6.